The maximum absolute atomic E-state index is 6.15. The van der Waals surface area contributed by atoms with Gasteiger partial charge in [0.15, 0.2) is 0 Å². The molecule has 0 radical (unpaired) electrons. The molecular weight excluding hydrogens is 240 g/mol. The molecule has 0 bridgehead atoms. The lowest BCUT2D eigenvalue weighted by Gasteiger charge is -2.35. The monoisotopic (exact) mass is 258 g/mol. The number of nitrogens with one attached hydrogen (secondary N) is 1. The highest BCUT2D eigenvalue weighted by atomic mass is 35.5. The molecule has 0 aromatic carbocycles. The van der Waals surface area contributed by atoms with Gasteiger partial charge in [0.1, 0.15) is 0 Å². The van der Waals surface area contributed by atoms with Crippen LogP contribution < -0.4 is 5.32 Å². The highest BCUT2D eigenvalue weighted by Crippen LogP contribution is 2.36. The second kappa shape index (κ2) is 5.99. The van der Waals surface area contributed by atoms with Gasteiger partial charge in [-0.15, -0.1) is 22.9 Å². The van der Waals surface area contributed by atoms with Gasteiger partial charge < -0.3 is 5.32 Å². The molecule has 1 heterocycles. The predicted octanol–water partition coefficient (Wildman–Crippen LogP) is 3.42. The normalized spacial score (nSPS) is 19.8. The first-order chi connectivity index (χ1) is 7.85. The third kappa shape index (κ3) is 3.19. The zero-order valence-corrected chi connectivity index (χ0v) is 11.1. The van der Waals surface area contributed by atoms with E-state index in [0.717, 1.165) is 19.0 Å². The molecule has 0 amide bonds. The SMILES string of the molecule is ClCC1(CNCc2cncs2)CCCCC1. The molecule has 1 N–H and O–H groups in total. The summed E-state index contributed by atoms with van der Waals surface area (Å²) in [5.41, 5.74) is 2.24. The van der Waals surface area contributed by atoms with Gasteiger partial charge in [0.25, 0.3) is 0 Å². The van der Waals surface area contributed by atoms with Crippen LogP contribution in [0.1, 0.15) is 37.0 Å². The van der Waals surface area contributed by atoms with Crippen LogP contribution in [0.3, 0.4) is 0 Å². The summed E-state index contributed by atoms with van der Waals surface area (Å²) in [4.78, 5) is 5.38. The molecule has 16 heavy (non-hydrogen) atoms. The molecule has 1 aliphatic carbocycles. The Morgan fingerprint density at radius 3 is 2.81 bits per heavy atom. The van der Waals surface area contributed by atoms with Crippen LogP contribution in [0.2, 0.25) is 0 Å². The predicted molar refractivity (Wildman–Crippen MR) is 70.1 cm³/mol. The van der Waals surface area contributed by atoms with E-state index in [9.17, 15) is 0 Å². The van der Waals surface area contributed by atoms with E-state index >= 15 is 0 Å². The van der Waals surface area contributed by atoms with E-state index in [0.29, 0.717) is 5.41 Å². The van der Waals surface area contributed by atoms with E-state index in [2.05, 4.69) is 10.3 Å². The number of thiazole rings is 1. The molecule has 2 rings (SSSR count). The smallest absolute Gasteiger partial charge is 0.0794 e. The number of hydrogen-bond donors (Lipinski definition) is 1. The number of nitrogens with zero attached hydrogens (tertiary/aromatic N) is 1. The van der Waals surface area contributed by atoms with Gasteiger partial charge in [-0.2, -0.15) is 0 Å². The van der Waals surface area contributed by atoms with Crippen LogP contribution in [0, 0.1) is 5.41 Å². The van der Waals surface area contributed by atoms with E-state index in [-0.39, 0.29) is 0 Å². The average Bonchev–Trinajstić information content (AvgIpc) is 2.83. The Hall–Kier alpha value is -0.120. The second-order valence-electron chi connectivity index (χ2n) is 4.77. The summed E-state index contributed by atoms with van der Waals surface area (Å²) in [5.74, 6) is 0.794. The average molecular weight is 259 g/mol. The summed E-state index contributed by atoms with van der Waals surface area (Å²) in [6.07, 6.45) is 8.57. The van der Waals surface area contributed by atoms with Crippen molar-refractivity contribution >= 4 is 22.9 Å². The van der Waals surface area contributed by atoms with Crippen LogP contribution >= 0.6 is 22.9 Å². The fraction of sp³-hybridized carbons (Fsp3) is 0.750. The maximum Gasteiger partial charge on any atom is 0.0794 e. The summed E-state index contributed by atoms with van der Waals surface area (Å²) in [7, 11) is 0. The second-order valence-corrected chi connectivity index (χ2v) is 6.00. The topological polar surface area (TPSA) is 24.9 Å². The van der Waals surface area contributed by atoms with E-state index in [1.165, 1.54) is 37.0 Å². The highest BCUT2D eigenvalue weighted by Gasteiger charge is 2.30. The standard InChI is InChI=1S/C12H19ClN2S/c13-8-12(4-2-1-3-5-12)9-14-6-11-7-15-10-16-11/h7,10,14H,1-6,8-9H2. The molecule has 1 aliphatic rings. The lowest BCUT2D eigenvalue weighted by molar-refractivity contribution is 0.212. The van der Waals surface area contributed by atoms with Gasteiger partial charge in [0.05, 0.1) is 5.51 Å². The number of hydrogen-bond acceptors (Lipinski definition) is 3. The minimum absolute atomic E-state index is 0.352. The number of rotatable bonds is 5. The van der Waals surface area contributed by atoms with E-state index in [4.69, 9.17) is 11.6 Å². The van der Waals surface area contributed by atoms with Crippen molar-refractivity contribution in [3.63, 3.8) is 0 Å². The Kier molecular flexibility index (Phi) is 4.62. The first kappa shape index (κ1) is 12.3. The Bertz CT molecular complexity index is 294. The molecule has 1 fully saturated rings. The molecule has 2 nitrogen and oxygen atoms in total. The summed E-state index contributed by atoms with van der Waals surface area (Å²) < 4.78 is 0. The number of alkyl halides is 1. The Labute approximate surface area is 106 Å². The van der Waals surface area contributed by atoms with Crippen LogP contribution in [-0.4, -0.2) is 17.4 Å². The Morgan fingerprint density at radius 2 is 2.19 bits per heavy atom. The van der Waals surface area contributed by atoms with Crippen molar-refractivity contribution in [1.82, 2.24) is 10.3 Å². The van der Waals surface area contributed by atoms with Crippen LogP contribution in [0.4, 0.5) is 0 Å². The zero-order valence-electron chi connectivity index (χ0n) is 9.54. The van der Waals surface area contributed by atoms with Crippen molar-refractivity contribution in [2.24, 2.45) is 5.41 Å². The summed E-state index contributed by atoms with van der Waals surface area (Å²) in [6, 6.07) is 0. The van der Waals surface area contributed by atoms with Crippen molar-refractivity contribution in [2.45, 2.75) is 38.6 Å². The first-order valence-electron chi connectivity index (χ1n) is 5.99. The maximum atomic E-state index is 6.15. The van der Waals surface area contributed by atoms with Crippen molar-refractivity contribution in [1.29, 1.82) is 0 Å². The van der Waals surface area contributed by atoms with Crippen LogP contribution in [0.25, 0.3) is 0 Å². The highest BCUT2D eigenvalue weighted by molar-refractivity contribution is 7.09. The molecule has 0 saturated heterocycles. The fourth-order valence-electron chi connectivity index (χ4n) is 2.44. The van der Waals surface area contributed by atoms with E-state index in [1.807, 2.05) is 11.7 Å². The van der Waals surface area contributed by atoms with Crippen molar-refractivity contribution in [3.8, 4) is 0 Å². The molecular formula is C12H19ClN2S. The van der Waals surface area contributed by atoms with Gasteiger partial charge in [-0.3, -0.25) is 4.98 Å². The molecule has 0 atom stereocenters. The zero-order chi connectivity index (χ0) is 11.3. The Morgan fingerprint density at radius 1 is 1.38 bits per heavy atom. The summed E-state index contributed by atoms with van der Waals surface area (Å²) in [5, 5.41) is 3.54. The lowest BCUT2D eigenvalue weighted by Crippen LogP contribution is -2.37. The molecule has 4 heteroatoms. The van der Waals surface area contributed by atoms with Gasteiger partial charge in [0.2, 0.25) is 0 Å². The van der Waals surface area contributed by atoms with Crippen molar-refractivity contribution in [3.05, 3.63) is 16.6 Å². The molecule has 0 aliphatic heterocycles. The summed E-state index contributed by atoms with van der Waals surface area (Å²) >= 11 is 7.86. The van der Waals surface area contributed by atoms with Crippen LogP contribution in [0.15, 0.2) is 11.7 Å². The van der Waals surface area contributed by atoms with E-state index < -0.39 is 0 Å². The molecule has 1 saturated carbocycles. The van der Waals surface area contributed by atoms with Crippen molar-refractivity contribution in [2.75, 3.05) is 12.4 Å². The minimum Gasteiger partial charge on any atom is -0.311 e. The largest absolute Gasteiger partial charge is 0.311 e. The van der Waals surface area contributed by atoms with Crippen LogP contribution in [0.5, 0.6) is 0 Å². The van der Waals surface area contributed by atoms with E-state index in [1.54, 1.807) is 11.3 Å². The fourth-order valence-corrected chi connectivity index (χ4v) is 3.37. The number of aromatic nitrogens is 1. The first-order valence-corrected chi connectivity index (χ1v) is 7.40. The lowest BCUT2D eigenvalue weighted by atomic mass is 9.75. The molecule has 1 aromatic heterocycles. The van der Waals surface area contributed by atoms with Gasteiger partial charge in [-0.25, -0.2) is 0 Å². The third-order valence-electron chi connectivity index (χ3n) is 3.48. The van der Waals surface area contributed by atoms with Crippen molar-refractivity contribution < 1.29 is 0 Å². The van der Waals surface area contributed by atoms with Gasteiger partial charge >= 0.3 is 0 Å². The third-order valence-corrected chi connectivity index (χ3v) is 4.83. The molecule has 0 spiro atoms. The quantitative estimate of drug-likeness (QED) is 0.819. The minimum atomic E-state index is 0.352. The van der Waals surface area contributed by atoms with Crippen LogP contribution in [-0.2, 0) is 6.54 Å². The van der Waals surface area contributed by atoms with Gasteiger partial charge in [-0.1, -0.05) is 19.3 Å². The molecule has 1 aromatic rings. The summed E-state index contributed by atoms with van der Waals surface area (Å²) in [6.45, 7) is 1.98. The molecule has 90 valence electrons. The van der Waals surface area contributed by atoms with Gasteiger partial charge in [0, 0.05) is 30.0 Å². The number of halogens is 1. The molecule has 0 unspecified atom stereocenters. The Balaban J connectivity index is 1.78. The van der Waals surface area contributed by atoms with Gasteiger partial charge in [-0.05, 0) is 18.3 Å².